The maximum atomic E-state index is 5.33. The fourth-order valence-corrected chi connectivity index (χ4v) is 0.783. The molecule has 0 aliphatic heterocycles. The molecule has 0 aromatic heterocycles. The van der Waals surface area contributed by atoms with Crippen LogP contribution in [0, 0.1) is 0 Å². The Kier molecular flexibility index (Phi) is 4.69. The lowest BCUT2D eigenvalue weighted by Gasteiger charge is -2.31. The van der Waals surface area contributed by atoms with E-state index in [0.29, 0.717) is 6.04 Å². The fourth-order valence-electron chi connectivity index (χ4n) is 0.783. The zero-order valence-electron chi connectivity index (χ0n) is 8.40. The third-order valence-electron chi connectivity index (χ3n) is 2.27. The lowest BCUT2D eigenvalue weighted by molar-refractivity contribution is -0.00481. The monoisotopic (exact) mass is 159 g/mol. The van der Waals surface area contributed by atoms with Crippen molar-refractivity contribution in [1.29, 1.82) is 0 Å². The molecule has 0 spiro atoms. The molecule has 2 nitrogen and oxygen atoms in total. The molecule has 0 heterocycles. The Morgan fingerprint density at radius 2 is 2.00 bits per heavy atom. The van der Waals surface area contributed by atoms with Gasteiger partial charge in [0.15, 0.2) is 0 Å². The Morgan fingerprint density at radius 1 is 1.45 bits per heavy atom. The molecular formula is C9H21NO. The van der Waals surface area contributed by atoms with Gasteiger partial charge >= 0.3 is 0 Å². The van der Waals surface area contributed by atoms with Crippen molar-refractivity contribution in [2.24, 2.45) is 0 Å². The molecule has 0 saturated carbocycles. The third-order valence-corrected chi connectivity index (χ3v) is 2.27. The highest BCUT2D eigenvalue weighted by molar-refractivity contribution is 4.80. The number of ether oxygens (including phenoxy) is 1. The number of rotatable bonds is 5. The molecule has 0 rings (SSSR count). The van der Waals surface area contributed by atoms with Gasteiger partial charge in [-0.1, -0.05) is 6.92 Å². The summed E-state index contributed by atoms with van der Waals surface area (Å²) in [4.78, 5) is 0. The maximum absolute atomic E-state index is 5.33. The van der Waals surface area contributed by atoms with Crippen molar-refractivity contribution in [3.05, 3.63) is 0 Å². The highest BCUT2D eigenvalue weighted by Crippen LogP contribution is 2.12. The Bertz CT molecular complexity index is 102. The van der Waals surface area contributed by atoms with Crippen LogP contribution in [-0.4, -0.2) is 25.3 Å². The molecule has 68 valence electrons. The van der Waals surface area contributed by atoms with Gasteiger partial charge in [0, 0.05) is 13.2 Å². The minimum atomic E-state index is -0.0603. The lowest BCUT2D eigenvalue weighted by atomic mass is 10.0. The summed E-state index contributed by atoms with van der Waals surface area (Å²) in [7, 11) is 1.75. The standard InChI is InChI=1S/C9H21NO/c1-6-7-10-8(2)9(3,4)11-5/h8,10H,6-7H2,1-5H3. The van der Waals surface area contributed by atoms with Crippen LogP contribution in [0.1, 0.15) is 34.1 Å². The molecule has 1 atom stereocenters. The van der Waals surface area contributed by atoms with Crippen LogP contribution >= 0.6 is 0 Å². The summed E-state index contributed by atoms with van der Waals surface area (Å²) in [6, 6.07) is 0.410. The molecule has 0 amide bonds. The van der Waals surface area contributed by atoms with Gasteiger partial charge in [-0.3, -0.25) is 0 Å². The van der Waals surface area contributed by atoms with Crippen LogP contribution in [0.3, 0.4) is 0 Å². The Balaban J connectivity index is 3.71. The van der Waals surface area contributed by atoms with Crippen LogP contribution in [0.25, 0.3) is 0 Å². The van der Waals surface area contributed by atoms with Gasteiger partial charge in [0.1, 0.15) is 0 Å². The van der Waals surface area contributed by atoms with Crippen molar-refractivity contribution in [2.75, 3.05) is 13.7 Å². The molecule has 11 heavy (non-hydrogen) atoms. The van der Waals surface area contributed by atoms with E-state index in [2.05, 4.69) is 33.0 Å². The largest absolute Gasteiger partial charge is 0.377 e. The topological polar surface area (TPSA) is 21.3 Å². The number of hydrogen-bond acceptors (Lipinski definition) is 2. The third kappa shape index (κ3) is 3.73. The summed E-state index contributed by atoms with van der Waals surface area (Å²) in [5, 5.41) is 3.40. The van der Waals surface area contributed by atoms with Crippen LogP contribution in [0.4, 0.5) is 0 Å². The molecule has 0 bridgehead atoms. The van der Waals surface area contributed by atoms with Crippen molar-refractivity contribution in [1.82, 2.24) is 5.32 Å². The van der Waals surface area contributed by atoms with E-state index in [1.54, 1.807) is 7.11 Å². The van der Waals surface area contributed by atoms with Crippen molar-refractivity contribution in [2.45, 2.75) is 45.8 Å². The Hall–Kier alpha value is -0.0800. The predicted molar refractivity (Wildman–Crippen MR) is 48.8 cm³/mol. The molecule has 0 aromatic rings. The summed E-state index contributed by atoms with van der Waals surface area (Å²) in [6.45, 7) is 9.58. The second-order valence-corrected chi connectivity index (χ2v) is 3.48. The van der Waals surface area contributed by atoms with Gasteiger partial charge in [0.05, 0.1) is 5.60 Å². The summed E-state index contributed by atoms with van der Waals surface area (Å²) < 4.78 is 5.33. The second-order valence-electron chi connectivity index (χ2n) is 3.48. The first-order valence-corrected chi connectivity index (χ1v) is 4.33. The smallest absolute Gasteiger partial charge is 0.0772 e. The van der Waals surface area contributed by atoms with E-state index in [0.717, 1.165) is 6.54 Å². The van der Waals surface area contributed by atoms with Gasteiger partial charge in [-0.05, 0) is 33.7 Å². The van der Waals surface area contributed by atoms with E-state index in [-0.39, 0.29) is 5.60 Å². The van der Waals surface area contributed by atoms with E-state index in [9.17, 15) is 0 Å². The zero-order valence-corrected chi connectivity index (χ0v) is 8.40. The molecule has 1 N–H and O–H groups in total. The maximum Gasteiger partial charge on any atom is 0.0772 e. The average molecular weight is 159 g/mol. The van der Waals surface area contributed by atoms with Crippen molar-refractivity contribution in [3.63, 3.8) is 0 Å². The van der Waals surface area contributed by atoms with Gasteiger partial charge in [-0.25, -0.2) is 0 Å². The molecule has 1 unspecified atom stereocenters. The summed E-state index contributed by atoms with van der Waals surface area (Å²) in [5.41, 5.74) is -0.0603. The average Bonchev–Trinajstić information content (AvgIpc) is 2.00. The van der Waals surface area contributed by atoms with Crippen molar-refractivity contribution < 1.29 is 4.74 Å². The van der Waals surface area contributed by atoms with Gasteiger partial charge < -0.3 is 10.1 Å². The highest BCUT2D eigenvalue weighted by atomic mass is 16.5. The quantitative estimate of drug-likeness (QED) is 0.660. The number of nitrogens with one attached hydrogen (secondary N) is 1. The zero-order chi connectivity index (χ0) is 8.91. The van der Waals surface area contributed by atoms with Crippen molar-refractivity contribution >= 4 is 0 Å². The van der Waals surface area contributed by atoms with E-state index in [4.69, 9.17) is 4.74 Å². The van der Waals surface area contributed by atoms with E-state index in [1.165, 1.54) is 6.42 Å². The fraction of sp³-hybridized carbons (Fsp3) is 1.00. The van der Waals surface area contributed by atoms with Crippen LogP contribution in [-0.2, 0) is 4.74 Å². The van der Waals surface area contributed by atoms with Crippen LogP contribution in [0.5, 0.6) is 0 Å². The van der Waals surface area contributed by atoms with Crippen LogP contribution < -0.4 is 5.32 Å². The molecule has 0 fully saturated rings. The molecule has 0 radical (unpaired) electrons. The molecule has 2 heteroatoms. The normalized spacial score (nSPS) is 15.0. The first kappa shape index (κ1) is 10.9. The molecule has 0 aliphatic carbocycles. The summed E-state index contributed by atoms with van der Waals surface area (Å²) in [5.74, 6) is 0. The SMILES string of the molecule is CCCNC(C)C(C)(C)OC. The molecular weight excluding hydrogens is 138 g/mol. The number of methoxy groups -OCH3 is 1. The Morgan fingerprint density at radius 3 is 2.36 bits per heavy atom. The minimum Gasteiger partial charge on any atom is -0.377 e. The van der Waals surface area contributed by atoms with E-state index < -0.39 is 0 Å². The summed E-state index contributed by atoms with van der Waals surface area (Å²) in [6.07, 6.45) is 1.17. The molecule has 0 aromatic carbocycles. The summed E-state index contributed by atoms with van der Waals surface area (Å²) >= 11 is 0. The predicted octanol–water partition coefficient (Wildman–Crippen LogP) is 1.80. The van der Waals surface area contributed by atoms with Gasteiger partial charge in [-0.2, -0.15) is 0 Å². The highest BCUT2D eigenvalue weighted by Gasteiger charge is 2.23. The van der Waals surface area contributed by atoms with Crippen molar-refractivity contribution in [3.8, 4) is 0 Å². The van der Waals surface area contributed by atoms with Crippen LogP contribution in [0.15, 0.2) is 0 Å². The minimum absolute atomic E-state index is 0.0603. The van der Waals surface area contributed by atoms with Gasteiger partial charge in [0.2, 0.25) is 0 Å². The first-order valence-electron chi connectivity index (χ1n) is 4.33. The van der Waals surface area contributed by atoms with Gasteiger partial charge in [0.25, 0.3) is 0 Å². The second kappa shape index (κ2) is 4.73. The van der Waals surface area contributed by atoms with E-state index in [1.807, 2.05) is 0 Å². The Labute approximate surface area is 70.3 Å². The molecule has 0 aliphatic rings. The van der Waals surface area contributed by atoms with Gasteiger partial charge in [-0.15, -0.1) is 0 Å². The first-order chi connectivity index (χ1) is 5.04. The van der Waals surface area contributed by atoms with E-state index >= 15 is 0 Å². The number of hydrogen-bond donors (Lipinski definition) is 1. The lowest BCUT2D eigenvalue weighted by Crippen LogP contribution is -2.46. The molecule has 0 saturated heterocycles. The van der Waals surface area contributed by atoms with Crippen LogP contribution in [0.2, 0.25) is 0 Å².